The van der Waals surface area contributed by atoms with E-state index in [1.807, 2.05) is 6.07 Å². The number of aromatic nitrogens is 1. The summed E-state index contributed by atoms with van der Waals surface area (Å²) in [5.74, 6) is 0.682. The van der Waals surface area contributed by atoms with E-state index >= 15 is 0 Å². The van der Waals surface area contributed by atoms with Gasteiger partial charge in [0.05, 0.1) is 11.3 Å². The highest BCUT2D eigenvalue weighted by Gasteiger charge is 2.10. The molecule has 92 valence electrons. The first-order valence-corrected chi connectivity index (χ1v) is 7.18. The molecular weight excluding hydrogens is 262 g/mol. The monoisotopic (exact) mass is 273 g/mol. The number of nitrogens with one attached hydrogen (secondary N) is 1. The molecule has 0 radical (unpaired) electrons. The van der Waals surface area contributed by atoms with Gasteiger partial charge in [-0.15, -0.1) is 11.6 Å². The summed E-state index contributed by atoms with van der Waals surface area (Å²) in [4.78, 5) is 3.82. The fourth-order valence-corrected chi connectivity index (χ4v) is 2.43. The summed E-state index contributed by atoms with van der Waals surface area (Å²) in [6.07, 6.45) is 2.48. The quantitative estimate of drug-likeness (QED) is 0.632. The Morgan fingerprint density at radius 1 is 1.41 bits per heavy atom. The third-order valence-electron chi connectivity index (χ3n) is 1.95. The summed E-state index contributed by atoms with van der Waals surface area (Å²) >= 11 is 5.47. The smallest absolute Gasteiger partial charge is 0.233 e. The van der Waals surface area contributed by atoms with E-state index in [2.05, 4.69) is 9.71 Å². The number of unbranched alkanes of at least 4 members (excludes halogenated alkanes) is 1. The third kappa shape index (κ3) is 5.02. The van der Waals surface area contributed by atoms with Gasteiger partial charge in [-0.1, -0.05) is 0 Å². The van der Waals surface area contributed by atoms with Crippen LogP contribution < -0.4 is 4.72 Å². The maximum Gasteiger partial charge on any atom is 0.233 e. The maximum atomic E-state index is 11.6. The molecule has 5 nitrogen and oxygen atoms in total. The van der Waals surface area contributed by atoms with Gasteiger partial charge < -0.3 is 0 Å². The zero-order valence-corrected chi connectivity index (χ0v) is 10.6. The molecule has 0 amide bonds. The number of sulfonamides is 1. The van der Waals surface area contributed by atoms with E-state index in [9.17, 15) is 8.42 Å². The number of rotatable bonds is 6. The van der Waals surface area contributed by atoms with Gasteiger partial charge in [-0.3, -0.25) is 4.72 Å². The van der Waals surface area contributed by atoms with Crippen molar-refractivity contribution in [1.82, 2.24) is 4.98 Å². The largest absolute Gasteiger partial charge is 0.267 e. The van der Waals surface area contributed by atoms with Crippen LogP contribution in [0.5, 0.6) is 0 Å². The lowest BCUT2D eigenvalue weighted by Gasteiger charge is -2.06. The van der Waals surface area contributed by atoms with Crippen molar-refractivity contribution in [2.45, 2.75) is 12.8 Å². The second-order valence-corrected chi connectivity index (χ2v) is 5.58. The molecule has 1 aromatic rings. The Balaban J connectivity index is 2.60. The predicted octanol–water partition coefficient (Wildman–Crippen LogP) is 1.71. The Kier molecular flexibility index (Phi) is 5.19. The van der Waals surface area contributed by atoms with Gasteiger partial charge in [0.15, 0.2) is 0 Å². The van der Waals surface area contributed by atoms with Crippen LogP contribution in [-0.2, 0) is 10.0 Å². The van der Waals surface area contributed by atoms with Crippen molar-refractivity contribution in [3.05, 3.63) is 23.9 Å². The minimum atomic E-state index is -3.38. The van der Waals surface area contributed by atoms with Gasteiger partial charge in [-0.25, -0.2) is 13.4 Å². The first-order chi connectivity index (χ1) is 8.07. The molecule has 1 aromatic heterocycles. The highest BCUT2D eigenvalue weighted by Crippen LogP contribution is 2.08. The SMILES string of the molecule is N#Cc1ccc(NS(=O)(=O)CCCCCl)nc1. The Morgan fingerprint density at radius 3 is 2.71 bits per heavy atom. The molecule has 0 bridgehead atoms. The van der Waals surface area contributed by atoms with Crippen LogP contribution in [0, 0.1) is 11.3 Å². The number of hydrogen-bond donors (Lipinski definition) is 1. The highest BCUT2D eigenvalue weighted by atomic mass is 35.5. The van der Waals surface area contributed by atoms with E-state index in [1.54, 1.807) is 0 Å². The number of halogens is 1. The van der Waals surface area contributed by atoms with Crippen LogP contribution in [0.1, 0.15) is 18.4 Å². The minimum Gasteiger partial charge on any atom is -0.267 e. The van der Waals surface area contributed by atoms with Crippen molar-refractivity contribution >= 4 is 27.4 Å². The predicted molar refractivity (Wildman–Crippen MR) is 66.3 cm³/mol. The molecule has 0 aromatic carbocycles. The fourth-order valence-electron chi connectivity index (χ4n) is 1.12. The van der Waals surface area contributed by atoms with Gasteiger partial charge in [0.1, 0.15) is 11.9 Å². The minimum absolute atomic E-state index is 0.0153. The summed E-state index contributed by atoms with van der Waals surface area (Å²) in [5, 5.41) is 8.56. The van der Waals surface area contributed by atoms with E-state index in [1.165, 1.54) is 18.3 Å². The fraction of sp³-hybridized carbons (Fsp3) is 0.400. The molecule has 0 aliphatic heterocycles. The van der Waals surface area contributed by atoms with Crippen LogP contribution in [0.25, 0.3) is 0 Å². The number of pyridine rings is 1. The number of nitrogens with zero attached hydrogens (tertiary/aromatic N) is 2. The average Bonchev–Trinajstić information content (AvgIpc) is 2.30. The zero-order valence-electron chi connectivity index (χ0n) is 9.06. The number of alkyl halides is 1. The van der Waals surface area contributed by atoms with E-state index < -0.39 is 10.0 Å². The molecule has 0 saturated carbocycles. The maximum absolute atomic E-state index is 11.6. The zero-order chi connectivity index (χ0) is 12.7. The molecule has 0 saturated heterocycles. The Morgan fingerprint density at radius 2 is 2.18 bits per heavy atom. The molecule has 0 atom stereocenters. The second kappa shape index (κ2) is 6.42. The van der Waals surface area contributed by atoms with E-state index in [0.717, 1.165) is 0 Å². The summed E-state index contributed by atoms with van der Waals surface area (Å²) in [5.41, 5.74) is 0.384. The van der Waals surface area contributed by atoms with Crippen molar-refractivity contribution in [3.63, 3.8) is 0 Å². The first-order valence-electron chi connectivity index (χ1n) is 5.00. The third-order valence-corrected chi connectivity index (χ3v) is 3.56. The number of nitriles is 1. The van der Waals surface area contributed by atoms with Crippen LogP contribution >= 0.6 is 11.6 Å². The van der Waals surface area contributed by atoms with Gasteiger partial charge in [0, 0.05) is 12.1 Å². The van der Waals surface area contributed by atoms with Crippen molar-refractivity contribution < 1.29 is 8.42 Å². The lowest BCUT2D eigenvalue weighted by atomic mass is 10.3. The van der Waals surface area contributed by atoms with Crippen LogP contribution in [0.3, 0.4) is 0 Å². The summed E-state index contributed by atoms with van der Waals surface area (Å²) in [7, 11) is -3.38. The molecule has 0 aliphatic rings. The van der Waals surface area contributed by atoms with Crippen molar-refractivity contribution in [3.8, 4) is 6.07 Å². The van der Waals surface area contributed by atoms with Crippen molar-refractivity contribution in [2.75, 3.05) is 16.4 Å². The number of hydrogen-bond acceptors (Lipinski definition) is 4. The van der Waals surface area contributed by atoms with Gasteiger partial charge in [-0.2, -0.15) is 5.26 Å². The van der Waals surface area contributed by atoms with E-state index in [4.69, 9.17) is 16.9 Å². The van der Waals surface area contributed by atoms with E-state index in [-0.39, 0.29) is 11.6 Å². The standard InChI is InChI=1S/C10H12ClN3O2S/c11-5-1-2-6-17(15,16)14-10-4-3-9(7-12)8-13-10/h3-4,8H,1-2,5-6H2,(H,13,14). The lowest BCUT2D eigenvalue weighted by Crippen LogP contribution is -2.17. The van der Waals surface area contributed by atoms with E-state index in [0.29, 0.717) is 24.3 Å². The summed E-state index contributed by atoms with van der Waals surface area (Å²) in [6.45, 7) is 0. The number of anilines is 1. The van der Waals surface area contributed by atoms with Crippen LogP contribution in [0.2, 0.25) is 0 Å². The van der Waals surface area contributed by atoms with Crippen LogP contribution in [0.15, 0.2) is 18.3 Å². The lowest BCUT2D eigenvalue weighted by molar-refractivity contribution is 0.598. The van der Waals surface area contributed by atoms with Gasteiger partial charge >= 0.3 is 0 Å². The van der Waals surface area contributed by atoms with Gasteiger partial charge in [-0.05, 0) is 25.0 Å². The highest BCUT2D eigenvalue weighted by molar-refractivity contribution is 7.92. The molecule has 1 heterocycles. The molecule has 17 heavy (non-hydrogen) atoms. The molecule has 1 rings (SSSR count). The van der Waals surface area contributed by atoms with Crippen molar-refractivity contribution in [2.24, 2.45) is 0 Å². The molecule has 0 spiro atoms. The molecule has 7 heteroatoms. The first kappa shape index (κ1) is 13.7. The van der Waals surface area contributed by atoms with Crippen LogP contribution in [-0.4, -0.2) is 25.0 Å². The van der Waals surface area contributed by atoms with Crippen LogP contribution in [0.4, 0.5) is 5.82 Å². The van der Waals surface area contributed by atoms with Gasteiger partial charge in [0.2, 0.25) is 10.0 Å². The summed E-state index contributed by atoms with van der Waals surface area (Å²) < 4.78 is 25.5. The van der Waals surface area contributed by atoms with Gasteiger partial charge in [0.25, 0.3) is 0 Å². The Hall–Kier alpha value is -1.32. The average molecular weight is 274 g/mol. The molecule has 0 aliphatic carbocycles. The summed E-state index contributed by atoms with van der Waals surface area (Å²) in [6, 6.07) is 4.86. The molecule has 1 N–H and O–H groups in total. The molecule has 0 unspecified atom stereocenters. The normalized spacial score (nSPS) is 10.8. The topological polar surface area (TPSA) is 82.9 Å². The Bertz CT molecular complexity index is 493. The molecular formula is C10H12ClN3O2S. The van der Waals surface area contributed by atoms with Crippen molar-refractivity contribution in [1.29, 1.82) is 5.26 Å². The molecule has 0 fully saturated rings. The Labute approximate surface area is 105 Å². The second-order valence-electron chi connectivity index (χ2n) is 3.36.